The number of benzene rings is 2. The van der Waals surface area contributed by atoms with Gasteiger partial charge in [-0.2, -0.15) is 0 Å². The number of carbonyl (C=O) groups is 1. The van der Waals surface area contributed by atoms with Crippen LogP contribution in [0.1, 0.15) is 26.5 Å². The summed E-state index contributed by atoms with van der Waals surface area (Å²) in [6, 6.07) is 11.0. The SMILES string of the molecule is CCOc1cc2ncnc(Oc3cccc(NC(=O)Nc4cc(C(C)(C)F)no4)c3)c2cc1OC. The van der Waals surface area contributed by atoms with Crippen LogP contribution in [0.25, 0.3) is 10.9 Å². The molecule has 0 saturated heterocycles. The van der Waals surface area contributed by atoms with Crippen LogP contribution < -0.4 is 24.8 Å². The molecule has 10 nitrogen and oxygen atoms in total. The summed E-state index contributed by atoms with van der Waals surface area (Å²) in [5.41, 5.74) is -0.549. The van der Waals surface area contributed by atoms with Gasteiger partial charge >= 0.3 is 6.03 Å². The highest BCUT2D eigenvalue weighted by molar-refractivity contribution is 5.99. The zero-order valence-corrected chi connectivity index (χ0v) is 19.6. The Labute approximate surface area is 200 Å². The number of hydrogen-bond donors (Lipinski definition) is 2. The molecule has 0 unspecified atom stereocenters. The van der Waals surface area contributed by atoms with E-state index in [9.17, 15) is 9.18 Å². The van der Waals surface area contributed by atoms with E-state index in [0.717, 1.165) is 0 Å². The van der Waals surface area contributed by atoms with Gasteiger partial charge in [-0.3, -0.25) is 5.32 Å². The maximum Gasteiger partial charge on any atom is 0.326 e. The lowest BCUT2D eigenvalue weighted by atomic mass is 10.1. The van der Waals surface area contributed by atoms with Crippen molar-refractivity contribution < 1.29 is 27.9 Å². The van der Waals surface area contributed by atoms with Crippen LogP contribution in [0, 0.1) is 0 Å². The Bertz CT molecular complexity index is 1350. The van der Waals surface area contributed by atoms with Gasteiger partial charge in [-0.05, 0) is 39.0 Å². The van der Waals surface area contributed by atoms with Crippen molar-refractivity contribution in [3.05, 3.63) is 54.5 Å². The van der Waals surface area contributed by atoms with E-state index < -0.39 is 11.7 Å². The number of nitrogens with zero attached hydrogens (tertiary/aromatic N) is 3. The minimum absolute atomic E-state index is 0.0171. The number of nitrogens with one attached hydrogen (secondary N) is 2. The highest BCUT2D eigenvalue weighted by Crippen LogP contribution is 2.36. The molecule has 0 radical (unpaired) electrons. The van der Waals surface area contributed by atoms with Gasteiger partial charge in [0, 0.05) is 23.9 Å². The molecule has 35 heavy (non-hydrogen) atoms. The highest BCUT2D eigenvalue weighted by atomic mass is 19.1. The number of hydrogen-bond acceptors (Lipinski definition) is 8. The van der Waals surface area contributed by atoms with E-state index in [4.69, 9.17) is 18.7 Å². The van der Waals surface area contributed by atoms with Gasteiger partial charge in [0.1, 0.15) is 17.8 Å². The fraction of sp³-hybridized carbons (Fsp3) is 0.250. The Balaban J connectivity index is 1.50. The number of methoxy groups -OCH3 is 1. The maximum absolute atomic E-state index is 13.9. The quantitative estimate of drug-likeness (QED) is 0.330. The Morgan fingerprint density at radius 1 is 1.11 bits per heavy atom. The summed E-state index contributed by atoms with van der Waals surface area (Å²) in [5.74, 6) is 1.84. The zero-order chi connectivity index (χ0) is 25.0. The molecule has 2 N–H and O–H groups in total. The van der Waals surface area contributed by atoms with Crippen LogP contribution in [0.2, 0.25) is 0 Å². The summed E-state index contributed by atoms with van der Waals surface area (Å²) in [6.45, 7) is 5.05. The Morgan fingerprint density at radius 2 is 1.94 bits per heavy atom. The average Bonchev–Trinajstić information content (AvgIpc) is 3.28. The minimum atomic E-state index is -1.69. The number of aromatic nitrogens is 3. The van der Waals surface area contributed by atoms with Crippen molar-refractivity contribution >= 4 is 28.5 Å². The number of rotatable bonds is 8. The zero-order valence-electron chi connectivity index (χ0n) is 19.6. The third-order valence-corrected chi connectivity index (χ3v) is 4.85. The molecule has 0 atom stereocenters. The third kappa shape index (κ3) is 5.57. The first-order valence-corrected chi connectivity index (χ1v) is 10.7. The Morgan fingerprint density at radius 3 is 2.66 bits per heavy atom. The van der Waals surface area contributed by atoms with Gasteiger partial charge < -0.3 is 24.1 Å². The molecule has 0 aliphatic rings. The molecule has 0 spiro atoms. The molecule has 0 bridgehead atoms. The molecule has 11 heteroatoms. The summed E-state index contributed by atoms with van der Waals surface area (Å²) in [7, 11) is 1.55. The van der Waals surface area contributed by atoms with Crippen molar-refractivity contribution in [1.82, 2.24) is 15.1 Å². The number of ether oxygens (including phenoxy) is 3. The van der Waals surface area contributed by atoms with Crippen LogP contribution >= 0.6 is 0 Å². The molecular weight excluding hydrogens is 457 g/mol. The average molecular weight is 481 g/mol. The molecule has 0 aliphatic carbocycles. The first-order valence-electron chi connectivity index (χ1n) is 10.7. The van der Waals surface area contributed by atoms with Gasteiger partial charge in [-0.15, -0.1) is 0 Å². The van der Waals surface area contributed by atoms with Crippen LogP contribution in [-0.4, -0.2) is 34.9 Å². The maximum atomic E-state index is 13.9. The first-order chi connectivity index (χ1) is 16.8. The first kappa shape index (κ1) is 23.7. The third-order valence-electron chi connectivity index (χ3n) is 4.85. The Hall–Kier alpha value is -4.41. The van der Waals surface area contributed by atoms with Crippen LogP contribution in [0.3, 0.4) is 0 Å². The molecule has 182 valence electrons. The smallest absolute Gasteiger partial charge is 0.326 e. The highest BCUT2D eigenvalue weighted by Gasteiger charge is 2.24. The van der Waals surface area contributed by atoms with E-state index in [2.05, 4.69) is 25.8 Å². The van der Waals surface area contributed by atoms with Crippen molar-refractivity contribution in [2.24, 2.45) is 0 Å². The molecule has 2 heterocycles. The number of fused-ring (bicyclic) bond motifs is 1. The lowest BCUT2D eigenvalue weighted by Crippen LogP contribution is -2.19. The van der Waals surface area contributed by atoms with Crippen LogP contribution in [-0.2, 0) is 5.67 Å². The summed E-state index contributed by atoms with van der Waals surface area (Å²) in [5, 5.41) is 9.38. The second-order valence-corrected chi connectivity index (χ2v) is 7.89. The van der Waals surface area contributed by atoms with E-state index in [0.29, 0.717) is 46.3 Å². The summed E-state index contributed by atoms with van der Waals surface area (Å²) in [6.07, 6.45) is 1.39. The van der Waals surface area contributed by atoms with E-state index in [1.807, 2.05) is 6.92 Å². The van der Waals surface area contributed by atoms with Gasteiger partial charge in [0.15, 0.2) is 17.2 Å². The van der Waals surface area contributed by atoms with Crippen LogP contribution in [0.4, 0.5) is 20.8 Å². The number of halogens is 1. The molecular formula is C24H24FN5O5. The van der Waals surface area contributed by atoms with Gasteiger partial charge in [0.2, 0.25) is 11.8 Å². The summed E-state index contributed by atoms with van der Waals surface area (Å²) < 4.78 is 35.9. The van der Waals surface area contributed by atoms with Gasteiger partial charge in [0.05, 0.1) is 24.6 Å². The fourth-order valence-corrected chi connectivity index (χ4v) is 3.19. The fourth-order valence-electron chi connectivity index (χ4n) is 3.19. The van der Waals surface area contributed by atoms with Crippen molar-refractivity contribution in [3.63, 3.8) is 0 Å². The van der Waals surface area contributed by atoms with E-state index in [1.54, 1.807) is 43.5 Å². The van der Waals surface area contributed by atoms with Crippen LogP contribution in [0.15, 0.2) is 53.3 Å². The molecule has 4 aromatic rings. The molecule has 0 aliphatic heterocycles. The number of amides is 2. The number of anilines is 2. The molecule has 4 rings (SSSR count). The van der Waals surface area contributed by atoms with Crippen molar-refractivity contribution in [1.29, 1.82) is 0 Å². The van der Waals surface area contributed by atoms with E-state index in [-0.39, 0.29) is 11.6 Å². The predicted molar refractivity (Wildman–Crippen MR) is 127 cm³/mol. The van der Waals surface area contributed by atoms with Gasteiger partial charge in [0.25, 0.3) is 0 Å². The predicted octanol–water partition coefficient (Wildman–Crippen LogP) is 5.67. The Kier molecular flexibility index (Phi) is 6.67. The summed E-state index contributed by atoms with van der Waals surface area (Å²) >= 11 is 0. The van der Waals surface area contributed by atoms with Crippen LogP contribution in [0.5, 0.6) is 23.1 Å². The molecule has 2 aromatic heterocycles. The second kappa shape index (κ2) is 9.84. The lowest BCUT2D eigenvalue weighted by molar-refractivity contribution is 0.205. The second-order valence-electron chi connectivity index (χ2n) is 7.89. The number of urea groups is 1. The molecule has 0 saturated carbocycles. The van der Waals surface area contributed by atoms with Crippen molar-refractivity contribution in [2.45, 2.75) is 26.4 Å². The van der Waals surface area contributed by atoms with Crippen molar-refractivity contribution in [3.8, 4) is 23.1 Å². The molecule has 2 amide bonds. The largest absolute Gasteiger partial charge is 0.493 e. The topological polar surface area (TPSA) is 121 Å². The summed E-state index contributed by atoms with van der Waals surface area (Å²) in [4.78, 5) is 20.9. The lowest BCUT2D eigenvalue weighted by Gasteiger charge is -2.13. The van der Waals surface area contributed by atoms with E-state index in [1.165, 1.54) is 26.2 Å². The van der Waals surface area contributed by atoms with E-state index >= 15 is 0 Å². The molecule has 2 aromatic carbocycles. The molecule has 0 fully saturated rings. The standard InChI is InChI=1S/C24H24FN5O5/c1-5-33-19-11-17-16(10-18(19)32-4)22(27-13-26-17)34-15-8-6-7-14(9-15)28-23(31)29-21-12-20(30-35-21)24(2,3)25/h6-13H,5H2,1-4H3,(H2,28,29,31). The van der Waals surface area contributed by atoms with Gasteiger partial charge in [-0.1, -0.05) is 11.2 Å². The number of carbonyl (C=O) groups excluding carboxylic acids is 1. The normalized spacial score (nSPS) is 11.2. The van der Waals surface area contributed by atoms with Crippen molar-refractivity contribution in [2.75, 3.05) is 24.4 Å². The minimum Gasteiger partial charge on any atom is -0.493 e. The van der Waals surface area contributed by atoms with Gasteiger partial charge in [-0.25, -0.2) is 19.2 Å². The monoisotopic (exact) mass is 481 g/mol. The number of alkyl halides is 1.